The van der Waals surface area contributed by atoms with Crippen molar-refractivity contribution in [1.29, 1.82) is 0 Å². The molecule has 6 rings (SSSR count). The van der Waals surface area contributed by atoms with E-state index in [0.717, 1.165) is 16.8 Å². The van der Waals surface area contributed by atoms with E-state index < -0.39 is 59.6 Å². The molecule has 4 aliphatic rings. The van der Waals surface area contributed by atoms with Crippen molar-refractivity contribution in [3.8, 4) is 0 Å². The van der Waals surface area contributed by atoms with Gasteiger partial charge in [-0.05, 0) is 49.8 Å². The lowest BCUT2D eigenvalue weighted by atomic mass is 9.74. The first kappa shape index (κ1) is 34.6. The first-order valence-corrected chi connectivity index (χ1v) is 17.4. The average molecular weight is 670 g/mol. The second-order valence-electron chi connectivity index (χ2n) is 13.9. The highest BCUT2D eigenvalue weighted by Crippen LogP contribution is 2.57. The van der Waals surface area contributed by atoms with Gasteiger partial charge >= 0.3 is 5.97 Å². The number of amides is 3. The molecule has 3 amide bonds. The minimum Gasteiger partial charge on any atom is -0.455 e. The van der Waals surface area contributed by atoms with Crippen LogP contribution < -0.4 is 10.2 Å². The Kier molecular flexibility index (Phi) is 9.82. The van der Waals surface area contributed by atoms with Gasteiger partial charge in [-0.25, -0.2) is 0 Å². The number of ether oxygens (including phenoxy) is 2. The number of rotatable bonds is 6. The van der Waals surface area contributed by atoms with Gasteiger partial charge < -0.3 is 29.7 Å². The number of hydrogen-bond acceptors (Lipinski definition) is 7. The molecule has 0 radical (unpaired) electrons. The first-order chi connectivity index (χ1) is 23.5. The van der Waals surface area contributed by atoms with Crippen molar-refractivity contribution in [2.45, 2.75) is 89.8 Å². The second-order valence-corrected chi connectivity index (χ2v) is 13.9. The molecular weight excluding hydrogens is 622 g/mol. The fourth-order valence-electron chi connectivity index (χ4n) is 8.22. The molecule has 0 unspecified atom stereocenters. The van der Waals surface area contributed by atoms with E-state index in [1.54, 1.807) is 24.0 Å². The van der Waals surface area contributed by atoms with E-state index in [2.05, 4.69) is 5.32 Å². The van der Waals surface area contributed by atoms with Crippen molar-refractivity contribution in [2.75, 3.05) is 18.1 Å². The van der Waals surface area contributed by atoms with Crippen molar-refractivity contribution in [3.63, 3.8) is 0 Å². The van der Waals surface area contributed by atoms with Gasteiger partial charge in [-0.15, -0.1) is 0 Å². The third kappa shape index (κ3) is 5.99. The van der Waals surface area contributed by atoms with Gasteiger partial charge in [0.2, 0.25) is 11.8 Å². The Morgan fingerprint density at radius 2 is 1.71 bits per heavy atom. The molecule has 49 heavy (non-hydrogen) atoms. The van der Waals surface area contributed by atoms with Gasteiger partial charge in [-0.2, -0.15) is 0 Å². The van der Waals surface area contributed by atoms with Crippen molar-refractivity contribution < 1.29 is 33.8 Å². The molecule has 5 bridgehead atoms. The van der Waals surface area contributed by atoms with E-state index >= 15 is 4.79 Å². The molecule has 0 saturated carbocycles. The number of para-hydroxylation sites is 1. The molecule has 260 valence electrons. The summed E-state index contributed by atoms with van der Waals surface area (Å²) in [4.78, 5) is 60.7. The van der Waals surface area contributed by atoms with Crippen LogP contribution in [0.5, 0.6) is 0 Å². The van der Waals surface area contributed by atoms with E-state index in [4.69, 9.17) is 9.47 Å². The van der Waals surface area contributed by atoms with E-state index in [1.807, 2.05) is 88.4 Å². The molecule has 4 heterocycles. The highest BCUT2D eigenvalue weighted by Gasteiger charge is 2.74. The summed E-state index contributed by atoms with van der Waals surface area (Å²) >= 11 is 0. The molecule has 2 N–H and O–H groups in total. The summed E-state index contributed by atoms with van der Waals surface area (Å²) in [5, 5.41) is 13.8. The highest BCUT2D eigenvalue weighted by molar-refractivity contribution is 6.06. The Balaban J connectivity index is 1.51. The maximum Gasteiger partial charge on any atom is 0.313 e. The number of aliphatic hydroxyl groups excluding tert-OH is 1. The van der Waals surface area contributed by atoms with Crippen molar-refractivity contribution in [1.82, 2.24) is 10.2 Å². The van der Waals surface area contributed by atoms with Crippen LogP contribution in [-0.4, -0.2) is 76.7 Å². The van der Waals surface area contributed by atoms with Crippen LogP contribution in [0.15, 0.2) is 72.8 Å². The minimum absolute atomic E-state index is 0.149. The molecule has 2 fully saturated rings. The van der Waals surface area contributed by atoms with Gasteiger partial charge in [0.25, 0.3) is 5.91 Å². The van der Waals surface area contributed by atoms with Crippen LogP contribution in [-0.2, 0) is 28.7 Å². The molecule has 0 aromatic heterocycles. The number of hydrogen-bond donors (Lipinski definition) is 2. The van der Waals surface area contributed by atoms with Gasteiger partial charge in [0.1, 0.15) is 23.7 Å². The summed E-state index contributed by atoms with van der Waals surface area (Å²) in [5.41, 5.74) is 1.73. The summed E-state index contributed by atoms with van der Waals surface area (Å²) in [6.45, 7) is 9.43. The van der Waals surface area contributed by atoms with Gasteiger partial charge in [-0.1, -0.05) is 93.1 Å². The predicted molar refractivity (Wildman–Crippen MR) is 184 cm³/mol. The van der Waals surface area contributed by atoms with Crippen LogP contribution in [0, 0.1) is 31.6 Å². The topological polar surface area (TPSA) is 125 Å². The standard InChI is InChI=1S/C39H47N3O7/c1-6-23(2)28(22-43)42-35-37(46)41(33-24(3)14-13-15-25(33)4)21-12-8-11-18-30(44)40-26(5)34(27-16-9-7-10-17-27)48-38(47)31-29-19-20-39(35,49-29)32(31)36(42)45/h7-10,12-17,19-20,23,26,28-29,31-32,34-35,43H,6,11,18,21-22H2,1-5H3,(H,40,44)/b12-8-/t23-,26-,28-,29+,31-,32-,34+,35+,39-/m0/s1. The third-order valence-electron chi connectivity index (χ3n) is 10.8. The molecule has 1 spiro atoms. The zero-order chi connectivity index (χ0) is 35.0. The quantitative estimate of drug-likeness (QED) is 0.347. The van der Waals surface area contributed by atoms with Crippen molar-refractivity contribution >= 4 is 29.4 Å². The molecular formula is C39H47N3O7. The maximum atomic E-state index is 15.2. The van der Waals surface area contributed by atoms with Crippen LogP contribution in [0.4, 0.5) is 5.69 Å². The Labute approximate surface area is 288 Å². The number of cyclic esters (lactones) is 1. The smallest absolute Gasteiger partial charge is 0.313 e. The van der Waals surface area contributed by atoms with Gasteiger partial charge in [0.15, 0.2) is 0 Å². The number of anilines is 1. The monoisotopic (exact) mass is 669 g/mol. The number of aryl methyl sites for hydroxylation is 2. The SMILES string of the molecule is CC[C@H](C)[C@H](CO)N1C(=O)[C@@H]2[C@H]3C(=O)O[C@@H](c4ccccc4)[C@H](C)NC(=O)CC/C=C\CN(c4c(C)cccc4C)C(=O)[C@@H]1[C@]21C=C[C@H]3O1. The third-order valence-corrected chi connectivity index (χ3v) is 10.8. The van der Waals surface area contributed by atoms with E-state index in [0.29, 0.717) is 18.4 Å². The minimum atomic E-state index is -1.45. The number of aliphatic hydroxyl groups is 1. The maximum absolute atomic E-state index is 15.2. The zero-order valence-electron chi connectivity index (χ0n) is 28.9. The van der Waals surface area contributed by atoms with Gasteiger partial charge in [0, 0.05) is 18.7 Å². The van der Waals surface area contributed by atoms with Crippen LogP contribution in [0.2, 0.25) is 0 Å². The van der Waals surface area contributed by atoms with E-state index in [-0.39, 0.29) is 37.3 Å². The Hall–Kier alpha value is -4.28. The highest BCUT2D eigenvalue weighted by atomic mass is 16.6. The Morgan fingerprint density at radius 3 is 2.39 bits per heavy atom. The molecule has 4 aliphatic heterocycles. The summed E-state index contributed by atoms with van der Waals surface area (Å²) in [6.07, 6.45) is 6.97. The predicted octanol–water partition coefficient (Wildman–Crippen LogP) is 4.33. The zero-order valence-corrected chi connectivity index (χ0v) is 28.9. The van der Waals surface area contributed by atoms with Crippen LogP contribution in [0.25, 0.3) is 0 Å². The summed E-state index contributed by atoms with van der Waals surface area (Å²) in [5.74, 6) is -3.85. The van der Waals surface area contributed by atoms with Crippen LogP contribution in [0.1, 0.15) is 62.8 Å². The average Bonchev–Trinajstić information content (AvgIpc) is 3.73. The number of benzene rings is 2. The fourth-order valence-corrected chi connectivity index (χ4v) is 8.22. The molecule has 9 atom stereocenters. The first-order valence-electron chi connectivity index (χ1n) is 17.4. The largest absolute Gasteiger partial charge is 0.455 e. The molecule has 0 aliphatic carbocycles. The molecule has 2 saturated heterocycles. The lowest BCUT2D eigenvalue weighted by Gasteiger charge is -2.41. The number of fused-ring (bicyclic) bond motifs is 2. The van der Waals surface area contributed by atoms with Crippen LogP contribution >= 0.6 is 0 Å². The molecule has 2 aromatic rings. The van der Waals surface area contributed by atoms with Crippen molar-refractivity contribution in [2.24, 2.45) is 17.8 Å². The summed E-state index contributed by atoms with van der Waals surface area (Å²) < 4.78 is 12.9. The molecule has 10 heteroatoms. The number of carbonyl (C=O) groups excluding carboxylic acids is 4. The summed E-state index contributed by atoms with van der Waals surface area (Å²) in [7, 11) is 0. The lowest BCUT2D eigenvalue weighted by molar-refractivity contribution is -0.161. The number of likely N-dealkylation sites (tertiary alicyclic amines) is 1. The van der Waals surface area contributed by atoms with Gasteiger partial charge in [-0.3, -0.25) is 19.2 Å². The van der Waals surface area contributed by atoms with E-state index in [9.17, 15) is 19.5 Å². The summed E-state index contributed by atoms with van der Waals surface area (Å²) in [6, 6.07) is 12.6. The number of nitrogens with zero attached hydrogens (tertiary/aromatic N) is 2. The Morgan fingerprint density at radius 1 is 1.00 bits per heavy atom. The van der Waals surface area contributed by atoms with E-state index in [1.165, 1.54) is 4.90 Å². The fraction of sp³-hybridized carbons (Fsp3) is 0.487. The second kappa shape index (κ2) is 13.9. The van der Waals surface area contributed by atoms with Gasteiger partial charge in [0.05, 0.1) is 30.7 Å². The normalized spacial score (nSPS) is 32.1. The Bertz CT molecular complexity index is 1640. The molecule has 2 aromatic carbocycles. The molecule has 10 nitrogen and oxygen atoms in total. The van der Waals surface area contributed by atoms with Crippen LogP contribution in [0.3, 0.4) is 0 Å². The number of nitrogens with one attached hydrogen (secondary N) is 1. The number of carbonyl (C=O) groups is 4. The van der Waals surface area contributed by atoms with Crippen molar-refractivity contribution in [3.05, 3.63) is 89.5 Å². The number of allylic oxidation sites excluding steroid dienone is 1. The number of esters is 1. The lowest BCUT2D eigenvalue weighted by Crippen LogP contribution is -2.60.